The van der Waals surface area contributed by atoms with Gasteiger partial charge in [-0.15, -0.1) is 23.1 Å². The number of carboxylic acids is 1. The summed E-state index contributed by atoms with van der Waals surface area (Å²) >= 11 is 2.43. The second kappa shape index (κ2) is 9.33. The molecule has 1 aromatic carbocycles. The standard InChI is InChI=1S/C18H18N2O5S2/c1-11(21)20(2)18-19-13(9-27-18)5-6-14(22)12-4-7-16(15(8-12)25-3)26-10-17(23)24/h4-9H,10H2,1-3H3,(H,23,24)/b6-5-. The number of methoxy groups -OCH3 is 1. The number of thioether (sulfide) groups is 1. The Hall–Kier alpha value is -2.65. The largest absolute Gasteiger partial charge is 0.496 e. The van der Waals surface area contributed by atoms with Crippen molar-refractivity contribution < 1.29 is 24.2 Å². The second-order valence-electron chi connectivity index (χ2n) is 5.38. The van der Waals surface area contributed by atoms with E-state index in [2.05, 4.69) is 4.98 Å². The molecule has 1 N–H and O–H groups in total. The maximum atomic E-state index is 12.4. The Morgan fingerprint density at radius 3 is 2.74 bits per heavy atom. The lowest BCUT2D eigenvalue weighted by molar-refractivity contribution is -0.133. The molecule has 0 radical (unpaired) electrons. The molecule has 0 fully saturated rings. The molecule has 1 amide bonds. The van der Waals surface area contributed by atoms with Crippen molar-refractivity contribution >= 4 is 52.0 Å². The fraction of sp³-hybridized carbons (Fsp3) is 0.222. The summed E-state index contributed by atoms with van der Waals surface area (Å²) in [5.41, 5.74) is 0.996. The Labute approximate surface area is 164 Å². The number of anilines is 1. The van der Waals surface area contributed by atoms with Gasteiger partial charge in [-0.3, -0.25) is 19.3 Å². The number of carbonyl (C=O) groups excluding carboxylic acids is 2. The maximum Gasteiger partial charge on any atom is 0.313 e. The second-order valence-corrected chi connectivity index (χ2v) is 7.23. The zero-order valence-electron chi connectivity index (χ0n) is 15.0. The molecule has 0 saturated heterocycles. The van der Waals surface area contributed by atoms with E-state index in [4.69, 9.17) is 9.84 Å². The minimum atomic E-state index is -0.928. The smallest absolute Gasteiger partial charge is 0.313 e. The van der Waals surface area contributed by atoms with Crippen LogP contribution in [0.25, 0.3) is 6.08 Å². The first kappa shape index (κ1) is 20.7. The molecule has 2 aromatic rings. The van der Waals surface area contributed by atoms with E-state index < -0.39 is 5.97 Å². The van der Waals surface area contributed by atoms with Crippen LogP contribution < -0.4 is 9.64 Å². The SMILES string of the molecule is COc1cc(C(=O)/C=C\c2csc(N(C)C(C)=O)n2)ccc1SCC(=O)O. The van der Waals surface area contributed by atoms with E-state index in [9.17, 15) is 14.4 Å². The molecule has 0 aliphatic carbocycles. The number of amides is 1. The Kier molecular flexibility index (Phi) is 7.14. The highest BCUT2D eigenvalue weighted by molar-refractivity contribution is 8.00. The number of rotatable bonds is 8. The molecular weight excluding hydrogens is 388 g/mol. The highest BCUT2D eigenvalue weighted by Crippen LogP contribution is 2.30. The van der Waals surface area contributed by atoms with Gasteiger partial charge in [-0.05, 0) is 30.4 Å². The fourth-order valence-corrected chi connectivity index (χ4v) is 3.51. The highest BCUT2D eigenvalue weighted by Gasteiger charge is 2.12. The average molecular weight is 406 g/mol. The van der Waals surface area contributed by atoms with Crippen molar-refractivity contribution in [3.8, 4) is 5.75 Å². The van der Waals surface area contributed by atoms with E-state index in [-0.39, 0.29) is 17.4 Å². The Morgan fingerprint density at radius 1 is 1.37 bits per heavy atom. The topological polar surface area (TPSA) is 96.8 Å². The van der Waals surface area contributed by atoms with Gasteiger partial charge in [0, 0.05) is 29.8 Å². The van der Waals surface area contributed by atoms with Gasteiger partial charge in [-0.25, -0.2) is 4.98 Å². The van der Waals surface area contributed by atoms with Crippen molar-refractivity contribution in [3.05, 3.63) is 40.9 Å². The molecule has 9 heteroatoms. The molecule has 0 atom stereocenters. The summed E-state index contributed by atoms with van der Waals surface area (Å²) in [7, 11) is 3.10. The lowest BCUT2D eigenvalue weighted by Crippen LogP contribution is -2.22. The quantitative estimate of drug-likeness (QED) is 0.408. The monoisotopic (exact) mass is 406 g/mol. The summed E-state index contributed by atoms with van der Waals surface area (Å²) in [4.78, 5) is 40.8. The summed E-state index contributed by atoms with van der Waals surface area (Å²) in [6.07, 6.45) is 2.97. The van der Waals surface area contributed by atoms with E-state index in [1.165, 1.54) is 36.3 Å². The van der Waals surface area contributed by atoms with Crippen LogP contribution in [0.3, 0.4) is 0 Å². The number of ketones is 1. The normalized spacial score (nSPS) is 10.8. The van der Waals surface area contributed by atoms with Crippen LogP contribution in [-0.4, -0.2) is 47.7 Å². The molecule has 1 aromatic heterocycles. The average Bonchev–Trinajstić information content (AvgIpc) is 3.12. The molecule has 7 nitrogen and oxygen atoms in total. The fourth-order valence-electron chi connectivity index (χ4n) is 1.98. The Morgan fingerprint density at radius 2 is 2.11 bits per heavy atom. The number of benzene rings is 1. The van der Waals surface area contributed by atoms with Gasteiger partial charge in [-0.1, -0.05) is 0 Å². The number of carbonyl (C=O) groups is 3. The van der Waals surface area contributed by atoms with Gasteiger partial charge < -0.3 is 9.84 Å². The van der Waals surface area contributed by atoms with Crippen LogP contribution in [0.5, 0.6) is 5.75 Å². The molecule has 0 aliphatic heterocycles. The van der Waals surface area contributed by atoms with Crippen LogP contribution in [0, 0.1) is 0 Å². The molecule has 0 saturated carbocycles. The summed E-state index contributed by atoms with van der Waals surface area (Å²) in [5, 5.41) is 11.1. The minimum Gasteiger partial charge on any atom is -0.496 e. The number of aromatic nitrogens is 1. The third-order valence-electron chi connectivity index (χ3n) is 3.47. The van der Waals surface area contributed by atoms with Gasteiger partial charge in [0.2, 0.25) is 5.91 Å². The molecule has 27 heavy (non-hydrogen) atoms. The number of carboxylic acid groups (broad SMARTS) is 1. The third-order valence-corrected chi connectivity index (χ3v) is 5.45. The molecule has 0 aliphatic rings. The number of thiazole rings is 1. The molecule has 0 bridgehead atoms. The van der Waals surface area contributed by atoms with E-state index in [1.54, 1.807) is 36.7 Å². The van der Waals surface area contributed by atoms with E-state index in [0.29, 0.717) is 27.0 Å². The van der Waals surface area contributed by atoms with Crippen LogP contribution in [-0.2, 0) is 9.59 Å². The first-order valence-corrected chi connectivity index (χ1v) is 9.63. The maximum absolute atomic E-state index is 12.4. The summed E-state index contributed by atoms with van der Waals surface area (Å²) in [6, 6.07) is 4.86. The van der Waals surface area contributed by atoms with Crippen molar-refractivity contribution in [2.45, 2.75) is 11.8 Å². The van der Waals surface area contributed by atoms with Crippen molar-refractivity contribution in [1.29, 1.82) is 0 Å². The van der Waals surface area contributed by atoms with Gasteiger partial charge in [0.1, 0.15) is 5.75 Å². The predicted molar refractivity (Wildman–Crippen MR) is 106 cm³/mol. The van der Waals surface area contributed by atoms with Gasteiger partial charge in [-0.2, -0.15) is 0 Å². The van der Waals surface area contributed by atoms with Crippen LogP contribution >= 0.6 is 23.1 Å². The summed E-state index contributed by atoms with van der Waals surface area (Å²) in [5.74, 6) is -0.936. The van der Waals surface area contributed by atoms with Gasteiger partial charge >= 0.3 is 5.97 Å². The Balaban J connectivity index is 2.12. The first-order valence-electron chi connectivity index (χ1n) is 7.76. The number of ether oxygens (including phenoxy) is 1. The number of aliphatic carboxylic acids is 1. The van der Waals surface area contributed by atoms with Gasteiger partial charge in [0.25, 0.3) is 0 Å². The van der Waals surface area contributed by atoms with Crippen LogP contribution in [0.15, 0.2) is 34.6 Å². The van der Waals surface area contributed by atoms with Gasteiger partial charge in [0.05, 0.1) is 18.6 Å². The number of hydrogen-bond acceptors (Lipinski definition) is 7. The first-order chi connectivity index (χ1) is 12.8. The number of hydrogen-bond donors (Lipinski definition) is 1. The summed E-state index contributed by atoms with van der Waals surface area (Å²) in [6.45, 7) is 1.45. The molecule has 0 spiro atoms. The minimum absolute atomic E-state index is 0.0928. The van der Waals surface area contributed by atoms with Crippen molar-refractivity contribution in [2.24, 2.45) is 0 Å². The third kappa shape index (κ3) is 5.66. The zero-order valence-corrected chi connectivity index (χ0v) is 16.6. The van der Waals surface area contributed by atoms with E-state index in [1.807, 2.05) is 0 Å². The van der Waals surface area contributed by atoms with E-state index in [0.717, 1.165) is 11.8 Å². The van der Waals surface area contributed by atoms with Crippen LogP contribution in [0.1, 0.15) is 23.0 Å². The van der Waals surface area contributed by atoms with Gasteiger partial charge in [0.15, 0.2) is 10.9 Å². The predicted octanol–water partition coefficient (Wildman–Crippen LogP) is 3.21. The summed E-state index contributed by atoms with van der Waals surface area (Å²) < 4.78 is 5.25. The lowest BCUT2D eigenvalue weighted by atomic mass is 10.1. The zero-order chi connectivity index (χ0) is 20.0. The lowest BCUT2D eigenvalue weighted by Gasteiger charge is -2.09. The molecule has 0 unspecified atom stereocenters. The van der Waals surface area contributed by atoms with Crippen LogP contribution in [0.4, 0.5) is 5.13 Å². The number of allylic oxidation sites excluding steroid dienone is 1. The van der Waals surface area contributed by atoms with Crippen molar-refractivity contribution in [3.63, 3.8) is 0 Å². The Bertz CT molecular complexity index is 892. The highest BCUT2D eigenvalue weighted by atomic mass is 32.2. The van der Waals surface area contributed by atoms with Crippen molar-refractivity contribution in [1.82, 2.24) is 4.98 Å². The number of nitrogens with zero attached hydrogens (tertiary/aromatic N) is 2. The molecule has 1 heterocycles. The van der Waals surface area contributed by atoms with Crippen LogP contribution in [0.2, 0.25) is 0 Å². The molecular formula is C18H18N2O5S2. The van der Waals surface area contributed by atoms with E-state index >= 15 is 0 Å². The molecule has 142 valence electrons. The van der Waals surface area contributed by atoms with Crippen molar-refractivity contribution in [2.75, 3.05) is 24.8 Å². The molecule has 2 rings (SSSR count).